The summed E-state index contributed by atoms with van der Waals surface area (Å²) in [4.78, 5) is 20.0. The molecular weight excluding hydrogens is 420 g/mol. The molecule has 0 saturated carbocycles. The number of para-hydroxylation sites is 1. The number of hydrogen-bond acceptors (Lipinski definition) is 6. The molecule has 0 radical (unpaired) electrons. The maximum Gasteiger partial charge on any atom is 0.261 e. The fourth-order valence-corrected chi connectivity index (χ4v) is 5.65. The number of aromatic nitrogens is 1. The molecule has 1 aliphatic heterocycles. The largest absolute Gasteiger partial charge is 0.376 e. The summed E-state index contributed by atoms with van der Waals surface area (Å²) in [5.74, 6) is -0.372. The third-order valence-corrected chi connectivity index (χ3v) is 7.47. The molecule has 6 nitrogen and oxygen atoms in total. The number of carbonyl (C=O) groups excluding carboxylic acids is 1. The molecule has 158 valence electrons. The second-order valence-corrected chi connectivity index (χ2v) is 10.4. The third-order valence-electron chi connectivity index (χ3n) is 5.28. The number of sulfone groups is 1. The molecule has 1 fully saturated rings. The highest BCUT2D eigenvalue weighted by Gasteiger charge is 2.30. The lowest BCUT2D eigenvalue weighted by molar-refractivity contribution is 0.0915. The van der Waals surface area contributed by atoms with Crippen LogP contribution in [0.5, 0.6) is 0 Å². The summed E-state index contributed by atoms with van der Waals surface area (Å²) < 4.78 is 31.3. The lowest BCUT2D eigenvalue weighted by Crippen LogP contribution is -2.38. The normalized spacial score (nSPS) is 16.8. The minimum Gasteiger partial charge on any atom is -0.376 e. The Balaban J connectivity index is 1.81. The van der Waals surface area contributed by atoms with E-state index in [0.717, 1.165) is 41.3 Å². The third kappa shape index (κ3) is 4.12. The number of anilines is 1. The second-order valence-electron chi connectivity index (χ2n) is 7.43. The number of rotatable bonds is 6. The molecular formula is C22H24N2O4S2. The first-order valence-electron chi connectivity index (χ1n) is 9.99. The highest BCUT2D eigenvalue weighted by Crippen LogP contribution is 2.33. The van der Waals surface area contributed by atoms with E-state index in [1.54, 1.807) is 23.1 Å². The van der Waals surface area contributed by atoms with Crippen molar-refractivity contribution in [1.29, 1.82) is 0 Å². The Kier molecular flexibility index (Phi) is 5.90. The van der Waals surface area contributed by atoms with Crippen molar-refractivity contribution in [2.24, 2.45) is 0 Å². The topological polar surface area (TPSA) is 76.6 Å². The van der Waals surface area contributed by atoms with Crippen molar-refractivity contribution in [2.45, 2.75) is 37.2 Å². The molecule has 1 amide bonds. The van der Waals surface area contributed by atoms with Gasteiger partial charge in [-0.25, -0.2) is 13.4 Å². The van der Waals surface area contributed by atoms with Crippen LogP contribution in [0.1, 0.15) is 35.7 Å². The molecule has 0 N–H and O–H groups in total. The van der Waals surface area contributed by atoms with E-state index in [1.165, 1.54) is 17.4 Å². The Morgan fingerprint density at radius 1 is 1.23 bits per heavy atom. The number of benzene rings is 2. The molecule has 0 aliphatic carbocycles. The van der Waals surface area contributed by atoms with Crippen molar-refractivity contribution in [3.8, 4) is 0 Å². The monoisotopic (exact) mass is 444 g/mol. The lowest BCUT2D eigenvalue weighted by Gasteiger charge is -2.24. The molecule has 3 aromatic rings. The van der Waals surface area contributed by atoms with Crippen LogP contribution in [-0.2, 0) is 21.0 Å². The fourth-order valence-electron chi connectivity index (χ4n) is 3.75. The zero-order valence-electron chi connectivity index (χ0n) is 17.0. The number of amides is 1. The second kappa shape index (κ2) is 8.45. The summed E-state index contributed by atoms with van der Waals surface area (Å²) in [6.07, 6.45) is 3.69. The summed E-state index contributed by atoms with van der Waals surface area (Å²) >= 11 is 1.44. The molecule has 30 heavy (non-hydrogen) atoms. The first kappa shape index (κ1) is 21.0. The first-order valence-corrected chi connectivity index (χ1v) is 12.7. The van der Waals surface area contributed by atoms with Gasteiger partial charge in [-0.05, 0) is 43.0 Å². The quantitative estimate of drug-likeness (QED) is 0.572. The van der Waals surface area contributed by atoms with Crippen molar-refractivity contribution in [2.75, 3.05) is 24.3 Å². The van der Waals surface area contributed by atoms with Crippen molar-refractivity contribution in [3.63, 3.8) is 0 Å². The molecule has 2 aromatic carbocycles. The molecule has 1 unspecified atom stereocenters. The van der Waals surface area contributed by atoms with Gasteiger partial charge in [-0.2, -0.15) is 0 Å². The van der Waals surface area contributed by atoms with E-state index in [4.69, 9.17) is 9.72 Å². The Bertz CT molecular complexity index is 1180. The highest BCUT2D eigenvalue weighted by atomic mass is 32.2. The lowest BCUT2D eigenvalue weighted by atomic mass is 10.1. The SMILES string of the molecule is CCc1cccc2sc(N(CC3CCCO3)C(=O)c3ccccc3S(C)(=O)=O)nc12. The first-order chi connectivity index (χ1) is 14.4. The highest BCUT2D eigenvalue weighted by molar-refractivity contribution is 7.90. The average molecular weight is 445 g/mol. The van der Waals surface area contributed by atoms with Gasteiger partial charge >= 0.3 is 0 Å². The van der Waals surface area contributed by atoms with E-state index in [1.807, 2.05) is 18.2 Å². The van der Waals surface area contributed by atoms with Crippen LogP contribution in [0.25, 0.3) is 10.2 Å². The van der Waals surface area contributed by atoms with E-state index in [9.17, 15) is 13.2 Å². The summed E-state index contributed by atoms with van der Waals surface area (Å²) in [5, 5.41) is 0.565. The summed E-state index contributed by atoms with van der Waals surface area (Å²) in [6, 6.07) is 12.4. The molecule has 0 bridgehead atoms. The van der Waals surface area contributed by atoms with Gasteiger partial charge in [0.1, 0.15) is 0 Å². The van der Waals surface area contributed by atoms with E-state index < -0.39 is 9.84 Å². The number of ether oxygens (including phenoxy) is 1. The van der Waals surface area contributed by atoms with Gasteiger partial charge < -0.3 is 4.74 Å². The van der Waals surface area contributed by atoms with Crippen LogP contribution in [0.2, 0.25) is 0 Å². The van der Waals surface area contributed by atoms with Crippen molar-refractivity contribution < 1.29 is 17.9 Å². The van der Waals surface area contributed by atoms with Crippen molar-refractivity contribution in [3.05, 3.63) is 53.6 Å². The molecule has 1 aromatic heterocycles. The van der Waals surface area contributed by atoms with Crippen LogP contribution in [0, 0.1) is 0 Å². The minimum absolute atomic E-state index is 0.0303. The molecule has 2 heterocycles. The smallest absolute Gasteiger partial charge is 0.261 e. The minimum atomic E-state index is -3.55. The maximum absolute atomic E-state index is 13.6. The molecule has 0 spiro atoms. The number of nitrogens with zero attached hydrogens (tertiary/aromatic N) is 2. The molecule has 1 saturated heterocycles. The standard InChI is InChI=1S/C22H24N2O4S2/c1-3-15-8-6-11-18-20(15)23-22(29-18)24(14-16-9-7-13-28-16)21(25)17-10-4-5-12-19(17)30(2,26)27/h4-6,8,10-12,16H,3,7,9,13-14H2,1-2H3. The van der Waals surface area contributed by atoms with E-state index >= 15 is 0 Å². The number of hydrogen-bond donors (Lipinski definition) is 0. The zero-order valence-corrected chi connectivity index (χ0v) is 18.6. The van der Waals surface area contributed by atoms with Crippen LogP contribution in [-0.4, -0.2) is 44.8 Å². The summed E-state index contributed by atoms with van der Waals surface area (Å²) in [7, 11) is -3.55. The van der Waals surface area contributed by atoms with E-state index in [0.29, 0.717) is 18.3 Å². The number of aryl methyl sites for hydroxylation is 1. The van der Waals surface area contributed by atoms with E-state index in [2.05, 4.69) is 6.92 Å². The number of fused-ring (bicyclic) bond motifs is 1. The fraction of sp³-hybridized carbons (Fsp3) is 0.364. The number of carbonyl (C=O) groups is 1. The van der Waals surface area contributed by atoms with Gasteiger partial charge in [-0.1, -0.05) is 42.5 Å². The molecule has 4 rings (SSSR count). The maximum atomic E-state index is 13.6. The van der Waals surface area contributed by atoms with Crippen LogP contribution < -0.4 is 4.90 Å². The zero-order chi connectivity index (χ0) is 21.3. The van der Waals surface area contributed by atoms with Crippen molar-refractivity contribution >= 4 is 42.4 Å². The van der Waals surface area contributed by atoms with Gasteiger partial charge in [0.2, 0.25) is 0 Å². The Morgan fingerprint density at radius 3 is 2.73 bits per heavy atom. The van der Waals surface area contributed by atoms with Gasteiger partial charge in [0.05, 0.1) is 33.3 Å². The van der Waals surface area contributed by atoms with Crippen LogP contribution in [0.4, 0.5) is 5.13 Å². The van der Waals surface area contributed by atoms with Gasteiger partial charge in [0, 0.05) is 12.9 Å². The molecule has 1 aliphatic rings. The van der Waals surface area contributed by atoms with Crippen LogP contribution in [0.3, 0.4) is 0 Å². The summed E-state index contributed by atoms with van der Waals surface area (Å²) in [6.45, 7) is 3.09. The average Bonchev–Trinajstić information content (AvgIpc) is 3.40. The predicted molar refractivity (Wildman–Crippen MR) is 119 cm³/mol. The predicted octanol–water partition coefficient (Wildman–Crippen LogP) is 4.09. The summed E-state index contributed by atoms with van der Waals surface area (Å²) in [5.41, 5.74) is 2.17. The van der Waals surface area contributed by atoms with Crippen LogP contribution >= 0.6 is 11.3 Å². The Morgan fingerprint density at radius 2 is 2.03 bits per heavy atom. The Labute approximate surface area is 180 Å². The van der Waals surface area contributed by atoms with Crippen molar-refractivity contribution in [1.82, 2.24) is 4.98 Å². The van der Waals surface area contributed by atoms with Gasteiger partial charge in [-0.15, -0.1) is 0 Å². The molecule has 8 heteroatoms. The van der Waals surface area contributed by atoms with Gasteiger partial charge in [-0.3, -0.25) is 9.69 Å². The number of thiazole rings is 1. The Hall–Kier alpha value is -2.29. The molecule has 1 atom stereocenters. The van der Waals surface area contributed by atoms with Gasteiger partial charge in [0.15, 0.2) is 15.0 Å². The van der Waals surface area contributed by atoms with E-state index in [-0.39, 0.29) is 22.5 Å². The van der Waals surface area contributed by atoms with Gasteiger partial charge in [0.25, 0.3) is 5.91 Å². The van der Waals surface area contributed by atoms with Crippen LogP contribution in [0.15, 0.2) is 47.4 Å².